The van der Waals surface area contributed by atoms with E-state index in [0.717, 1.165) is 16.8 Å². The first kappa shape index (κ1) is 23.0. The summed E-state index contributed by atoms with van der Waals surface area (Å²) in [5.41, 5.74) is 2.49. The van der Waals surface area contributed by atoms with Crippen LogP contribution < -0.4 is 15.4 Å². The third kappa shape index (κ3) is 7.23. The topological polar surface area (TPSA) is 80.3 Å². The summed E-state index contributed by atoms with van der Waals surface area (Å²) in [5, 5.41) is 5.80. The SMILES string of the molecule is CC(C)CC(=O)NC(C(=O)NCc1cccc(OCc2ccccn2)c1)c1ccccc1. The molecule has 0 spiro atoms. The van der Waals surface area contributed by atoms with E-state index in [4.69, 9.17) is 4.74 Å². The zero-order valence-electron chi connectivity index (χ0n) is 18.5. The Kier molecular flexibility index (Phi) is 8.37. The molecular formula is C26H29N3O3. The van der Waals surface area contributed by atoms with Crippen LogP contribution >= 0.6 is 0 Å². The van der Waals surface area contributed by atoms with Gasteiger partial charge in [0.15, 0.2) is 0 Å². The van der Waals surface area contributed by atoms with Crippen molar-refractivity contribution in [2.24, 2.45) is 5.92 Å². The molecule has 0 aliphatic carbocycles. The molecule has 0 bridgehead atoms. The van der Waals surface area contributed by atoms with E-state index in [1.807, 2.05) is 86.6 Å². The van der Waals surface area contributed by atoms with Crippen molar-refractivity contribution >= 4 is 11.8 Å². The molecule has 2 N–H and O–H groups in total. The number of amides is 2. The number of carbonyl (C=O) groups is 2. The first-order chi connectivity index (χ1) is 15.5. The fraction of sp³-hybridized carbons (Fsp3) is 0.269. The summed E-state index contributed by atoms with van der Waals surface area (Å²) in [6.45, 7) is 4.64. The molecule has 0 saturated heterocycles. The molecular weight excluding hydrogens is 402 g/mol. The molecule has 3 rings (SSSR count). The molecule has 0 fully saturated rings. The number of carbonyl (C=O) groups excluding carboxylic acids is 2. The van der Waals surface area contributed by atoms with Gasteiger partial charge in [-0.3, -0.25) is 14.6 Å². The quantitative estimate of drug-likeness (QED) is 0.505. The second-order valence-corrected chi connectivity index (χ2v) is 7.98. The lowest BCUT2D eigenvalue weighted by Crippen LogP contribution is -2.40. The zero-order valence-corrected chi connectivity index (χ0v) is 18.5. The van der Waals surface area contributed by atoms with E-state index in [1.165, 1.54) is 0 Å². The minimum atomic E-state index is -0.744. The van der Waals surface area contributed by atoms with Gasteiger partial charge in [-0.1, -0.05) is 62.4 Å². The van der Waals surface area contributed by atoms with Gasteiger partial charge in [-0.25, -0.2) is 0 Å². The summed E-state index contributed by atoms with van der Waals surface area (Å²) in [6, 6.07) is 21.8. The van der Waals surface area contributed by atoms with Gasteiger partial charge in [0.25, 0.3) is 0 Å². The van der Waals surface area contributed by atoms with Crippen molar-refractivity contribution in [1.29, 1.82) is 0 Å². The lowest BCUT2D eigenvalue weighted by atomic mass is 10.0. The highest BCUT2D eigenvalue weighted by Gasteiger charge is 2.22. The number of benzene rings is 2. The Bertz CT molecular complexity index is 1010. The van der Waals surface area contributed by atoms with Gasteiger partial charge < -0.3 is 15.4 Å². The number of hydrogen-bond acceptors (Lipinski definition) is 4. The van der Waals surface area contributed by atoms with E-state index >= 15 is 0 Å². The molecule has 0 radical (unpaired) electrons. The van der Waals surface area contributed by atoms with Gasteiger partial charge in [-0.2, -0.15) is 0 Å². The summed E-state index contributed by atoms with van der Waals surface area (Å²) in [4.78, 5) is 29.6. The molecule has 166 valence electrons. The number of pyridine rings is 1. The highest BCUT2D eigenvalue weighted by molar-refractivity contribution is 5.88. The van der Waals surface area contributed by atoms with Crippen molar-refractivity contribution in [3.63, 3.8) is 0 Å². The van der Waals surface area contributed by atoms with Crippen LogP contribution in [0.15, 0.2) is 79.0 Å². The van der Waals surface area contributed by atoms with Crippen molar-refractivity contribution in [2.75, 3.05) is 0 Å². The molecule has 0 saturated carbocycles. The fourth-order valence-corrected chi connectivity index (χ4v) is 3.21. The molecule has 0 aliphatic heterocycles. The van der Waals surface area contributed by atoms with Crippen LogP contribution in [0.25, 0.3) is 0 Å². The average molecular weight is 432 g/mol. The van der Waals surface area contributed by atoms with Crippen molar-refractivity contribution in [1.82, 2.24) is 15.6 Å². The van der Waals surface area contributed by atoms with Crippen LogP contribution in [-0.2, 0) is 22.7 Å². The number of ether oxygens (including phenoxy) is 1. The molecule has 1 heterocycles. The molecule has 2 amide bonds. The third-order valence-corrected chi connectivity index (χ3v) is 4.77. The molecule has 6 nitrogen and oxygen atoms in total. The minimum Gasteiger partial charge on any atom is -0.487 e. The number of nitrogens with zero attached hydrogens (tertiary/aromatic N) is 1. The standard InChI is InChI=1S/C26H29N3O3/c1-19(2)15-24(30)29-25(21-10-4-3-5-11-21)26(31)28-17-20-9-8-13-23(16-20)32-18-22-12-6-7-14-27-22/h3-14,16,19,25H,15,17-18H2,1-2H3,(H,28,31)(H,29,30). The Balaban J connectivity index is 1.62. The van der Waals surface area contributed by atoms with Crippen LogP contribution in [0.2, 0.25) is 0 Å². The summed E-state index contributed by atoms with van der Waals surface area (Å²) in [6.07, 6.45) is 2.10. The second-order valence-electron chi connectivity index (χ2n) is 7.98. The zero-order chi connectivity index (χ0) is 22.8. The molecule has 32 heavy (non-hydrogen) atoms. The van der Waals surface area contributed by atoms with Gasteiger partial charge in [0, 0.05) is 19.2 Å². The normalized spacial score (nSPS) is 11.6. The number of hydrogen-bond donors (Lipinski definition) is 2. The molecule has 1 unspecified atom stereocenters. The van der Waals surface area contributed by atoms with Crippen molar-refractivity contribution in [3.8, 4) is 5.75 Å². The van der Waals surface area contributed by atoms with Crippen LogP contribution in [0, 0.1) is 5.92 Å². The molecule has 1 atom stereocenters. The Hall–Kier alpha value is -3.67. The summed E-state index contributed by atoms with van der Waals surface area (Å²) in [5.74, 6) is 0.512. The van der Waals surface area contributed by atoms with Gasteiger partial charge in [-0.05, 0) is 41.3 Å². The predicted octanol–water partition coefficient (Wildman–Crippen LogP) is 4.18. The van der Waals surface area contributed by atoms with Crippen LogP contribution in [-0.4, -0.2) is 16.8 Å². The predicted molar refractivity (Wildman–Crippen MR) is 124 cm³/mol. The average Bonchev–Trinajstić information content (AvgIpc) is 2.81. The second kappa shape index (κ2) is 11.6. The maximum atomic E-state index is 13.0. The largest absolute Gasteiger partial charge is 0.487 e. The Morgan fingerprint density at radius 2 is 1.75 bits per heavy atom. The minimum absolute atomic E-state index is 0.145. The number of nitrogens with one attached hydrogen (secondary N) is 2. The van der Waals surface area contributed by atoms with Crippen molar-refractivity contribution in [3.05, 3.63) is 95.8 Å². The molecule has 3 aromatic rings. The Morgan fingerprint density at radius 3 is 2.47 bits per heavy atom. The van der Waals surface area contributed by atoms with Gasteiger partial charge in [0.05, 0.1) is 5.69 Å². The van der Waals surface area contributed by atoms with E-state index in [9.17, 15) is 9.59 Å². The van der Waals surface area contributed by atoms with Crippen LogP contribution in [0.1, 0.15) is 43.1 Å². The highest BCUT2D eigenvalue weighted by Crippen LogP contribution is 2.17. The molecule has 6 heteroatoms. The maximum absolute atomic E-state index is 13.0. The van der Waals surface area contributed by atoms with Gasteiger partial charge in [0.1, 0.15) is 18.4 Å². The van der Waals surface area contributed by atoms with Gasteiger partial charge >= 0.3 is 0 Å². The van der Waals surface area contributed by atoms with E-state index < -0.39 is 6.04 Å². The van der Waals surface area contributed by atoms with Crippen LogP contribution in [0.4, 0.5) is 0 Å². The van der Waals surface area contributed by atoms with E-state index in [1.54, 1.807) is 6.20 Å². The van der Waals surface area contributed by atoms with Gasteiger partial charge in [0.2, 0.25) is 11.8 Å². The fourth-order valence-electron chi connectivity index (χ4n) is 3.21. The van der Waals surface area contributed by atoms with E-state index in [0.29, 0.717) is 25.3 Å². The first-order valence-electron chi connectivity index (χ1n) is 10.7. The molecule has 1 aromatic heterocycles. The Morgan fingerprint density at radius 1 is 0.969 bits per heavy atom. The smallest absolute Gasteiger partial charge is 0.247 e. The highest BCUT2D eigenvalue weighted by atomic mass is 16.5. The third-order valence-electron chi connectivity index (χ3n) is 4.77. The lowest BCUT2D eigenvalue weighted by molar-refractivity contribution is -0.129. The number of aromatic nitrogens is 1. The van der Waals surface area contributed by atoms with E-state index in [-0.39, 0.29) is 17.7 Å². The summed E-state index contributed by atoms with van der Waals surface area (Å²) >= 11 is 0. The van der Waals surface area contributed by atoms with Crippen molar-refractivity contribution in [2.45, 2.75) is 39.5 Å². The Labute approximate surface area is 189 Å². The molecule has 0 aliphatic rings. The van der Waals surface area contributed by atoms with Crippen LogP contribution in [0.3, 0.4) is 0 Å². The van der Waals surface area contributed by atoms with Gasteiger partial charge in [-0.15, -0.1) is 0 Å². The van der Waals surface area contributed by atoms with E-state index in [2.05, 4.69) is 15.6 Å². The van der Waals surface area contributed by atoms with Crippen molar-refractivity contribution < 1.29 is 14.3 Å². The van der Waals surface area contributed by atoms with Crippen LogP contribution in [0.5, 0.6) is 5.75 Å². The summed E-state index contributed by atoms with van der Waals surface area (Å²) < 4.78 is 5.81. The number of rotatable bonds is 10. The molecule has 2 aromatic carbocycles. The maximum Gasteiger partial charge on any atom is 0.247 e. The summed E-state index contributed by atoms with van der Waals surface area (Å²) in [7, 11) is 0. The monoisotopic (exact) mass is 431 g/mol. The first-order valence-corrected chi connectivity index (χ1v) is 10.7. The lowest BCUT2D eigenvalue weighted by Gasteiger charge is -2.20.